The molecule has 0 unspecified atom stereocenters. The summed E-state index contributed by atoms with van der Waals surface area (Å²) in [5, 5.41) is 6.91. The maximum absolute atomic E-state index is 13.2. The molecular formula is C21H20F3N3O2. The lowest BCUT2D eigenvalue weighted by Crippen LogP contribution is -2.16. The van der Waals surface area contributed by atoms with Crippen molar-refractivity contribution in [3.8, 4) is 5.69 Å². The van der Waals surface area contributed by atoms with E-state index in [4.69, 9.17) is 4.74 Å². The molecule has 0 atom stereocenters. The van der Waals surface area contributed by atoms with Crippen LogP contribution in [0.3, 0.4) is 0 Å². The smallest absolute Gasteiger partial charge is 0.380 e. The molecule has 2 aromatic carbocycles. The van der Waals surface area contributed by atoms with Crippen molar-refractivity contribution in [3.05, 3.63) is 76.6 Å². The highest BCUT2D eigenvalue weighted by molar-refractivity contribution is 6.05. The van der Waals surface area contributed by atoms with Gasteiger partial charge in [-0.2, -0.15) is 18.3 Å². The zero-order chi connectivity index (χ0) is 21.2. The minimum absolute atomic E-state index is 0.0250. The molecule has 0 radical (unpaired) electrons. The van der Waals surface area contributed by atoms with Crippen LogP contribution in [0.4, 0.5) is 18.9 Å². The number of hydrogen-bond donors (Lipinski definition) is 1. The second-order valence-electron chi connectivity index (χ2n) is 6.65. The summed E-state index contributed by atoms with van der Waals surface area (Å²) < 4.78 is 46.2. The number of nitrogens with one attached hydrogen (secondary N) is 1. The van der Waals surface area contributed by atoms with E-state index in [9.17, 15) is 18.0 Å². The Bertz CT molecular complexity index is 1020. The Morgan fingerprint density at radius 1 is 1.10 bits per heavy atom. The summed E-state index contributed by atoms with van der Waals surface area (Å²) in [6.07, 6.45) is -4.53. The molecule has 0 saturated carbocycles. The molecule has 1 aromatic heterocycles. The number of aryl methyl sites for hydroxylation is 2. The molecule has 5 nitrogen and oxygen atoms in total. The normalized spacial score (nSPS) is 11.5. The van der Waals surface area contributed by atoms with Gasteiger partial charge in [-0.15, -0.1) is 0 Å². The van der Waals surface area contributed by atoms with Crippen LogP contribution >= 0.6 is 0 Å². The van der Waals surface area contributed by atoms with Gasteiger partial charge < -0.3 is 10.1 Å². The van der Waals surface area contributed by atoms with Crippen molar-refractivity contribution in [1.29, 1.82) is 0 Å². The van der Waals surface area contributed by atoms with E-state index in [0.29, 0.717) is 23.6 Å². The monoisotopic (exact) mass is 403 g/mol. The third-order valence-corrected chi connectivity index (χ3v) is 4.34. The van der Waals surface area contributed by atoms with Gasteiger partial charge in [-0.25, -0.2) is 4.68 Å². The summed E-state index contributed by atoms with van der Waals surface area (Å²) in [4.78, 5) is 12.7. The van der Waals surface area contributed by atoms with Gasteiger partial charge in [0.1, 0.15) is 0 Å². The van der Waals surface area contributed by atoms with Gasteiger partial charge in [-0.1, -0.05) is 12.1 Å². The Labute approximate surface area is 166 Å². The highest BCUT2D eigenvalue weighted by Gasteiger charge is 2.31. The molecule has 0 saturated heterocycles. The molecule has 1 amide bonds. The molecule has 29 heavy (non-hydrogen) atoms. The van der Waals surface area contributed by atoms with Gasteiger partial charge in [0.25, 0.3) is 5.91 Å². The number of aromatic nitrogens is 2. The number of nitrogens with zero attached hydrogens (tertiary/aromatic N) is 2. The Hall–Kier alpha value is -3.13. The highest BCUT2D eigenvalue weighted by atomic mass is 19.4. The van der Waals surface area contributed by atoms with Crippen molar-refractivity contribution in [2.75, 3.05) is 12.4 Å². The van der Waals surface area contributed by atoms with Crippen LogP contribution in [0.2, 0.25) is 0 Å². The zero-order valence-corrected chi connectivity index (χ0v) is 16.2. The molecule has 0 fully saturated rings. The summed E-state index contributed by atoms with van der Waals surface area (Å²) in [7, 11) is 1.56. The highest BCUT2D eigenvalue weighted by Crippen LogP contribution is 2.34. The molecule has 0 aliphatic carbocycles. The Kier molecular flexibility index (Phi) is 5.74. The standard InChI is InChI=1S/C21H20F3N3O2/c1-13-10-14(2)27(26-13)19-9-8-17(21(22,23)24)11-18(19)25-20(28)16-6-4-15(5-7-16)12-29-3/h4-11H,12H2,1-3H3,(H,25,28). The number of ether oxygens (including phenoxy) is 1. The van der Waals surface area contributed by atoms with Crippen molar-refractivity contribution >= 4 is 11.6 Å². The number of rotatable bonds is 5. The quantitative estimate of drug-likeness (QED) is 0.659. The average molecular weight is 403 g/mol. The first-order chi connectivity index (χ1) is 13.7. The first-order valence-corrected chi connectivity index (χ1v) is 8.83. The molecule has 1 heterocycles. The predicted octanol–water partition coefficient (Wildman–Crippen LogP) is 4.91. The van der Waals surface area contributed by atoms with E-state index in [-0.39, 0.29) is 5.69 Å². The number of alkyl halides is 3. The van der Waals surface area contributed by atoms with E-state index in [0.717, 1.165) is 23.4 Å². The number of benzene rings is 2. The van der Waals surface area contributed by atoms with Crippen LogP contribution in [0.15, 0.2) is 48.5 Å². The molecule has 3 rings (SSSR count). The van der Waals surface area contributed by atoms with E-state index in [1.807, 2.05) is 0 Å². The molecule has 0 aliphatic heterocycles. The number of carbonyl (C=O) groups is 1. The molecule has 3 aromatic rings. The van der Waals surface area contributed by atoms with Crippen molar-refractivity contribution in [2.24, 2.45) is 0 Å². The second kappa shape index (κ2) is 8.08. The Morgan fingerprint density at radius 2 is 1.79 bits per heavy atom. The lowest BCUT2D eigenvalue weighted by Gasteiger charge is -2.16. The third-order valence-electron chi connectivity index (χ3n) is 4.34. The molecule has 152 valence electrons. The lowest BCUT2D eigenvalue weighted by molar-refractivity contribution is -0.137. The number of anilines is 1. The average Bonchev–Trinajstić information content (AvgIpc) is 2.99. The number of methoxy groups -OCH3 is 1. The van der Waals surface area contributed by atoms with Gasteiger partial charge in [0.2, 0.25) is 0 Å². The van der Waals surface area contributed by atoms with Gasteiger partial charge in [0.05, 0.1) is 29.2 Å². The van der Waals surface area contributed by atoms with E-state index in [1.165, 1.54) is 10.7 Å². The molecule has 1 N–H and O–H groups in total. The van der Waals surface area contributed by atoms with Crippen LogP contribution < -0.4 is 5.32 Å². The van der Waals surface area contributed by atoms with E-state index >= 15 is 0 Å². The number of amides is 1. The minimum Gasteiger partial charge on any atom is -0.380 e. The van der Waals surface area contributed by atoms with Crippen LogP contribution in [0.5, 0.6) is 0 Å². The Morgan fingerprint density at radius 3 is 2.34 bits per heavy atom. The predicted molar refractivity (Wildman–Crippen MR) is 103 cm³/mol. The van der Waals surface area contributed by atoms with Crippen LogP contribution in [0, 0.1) is 13.8 Å². The lowest BCUT2D eigenvalue weighted by atomic mass is 10.1. The van der Waals surface area contributed by atoms with Crippen LogP contribution in [-0.2, 0) is 17.5 Å². The zero-order valence-electron chi connectivity index (χ0n) is 16.2. The number of hydrogen-bond acceptors (Lipinski definition) is 3. The van der Waals surface area contributed by atoms with Crippen molar-refractivity contribution in [1.82, 2.24) is 9.78 Å². The summed E-state index contributed by atoms with van der Waals surface area (Å²) >= 11 is 0. The maximum atomic E-state index is 13.2. The first kappa shape index (κ1) is 20.6. The molecule has 0 spiro atoms. The fourth-order valence-corrected chi connectivity index (χ4v) is 2.98. The fourth-order valence-electron chi connectivity index (χ4n) is 2.98. The molecule has 0 bridgehead atoms. The third kappa shape index (κ3) is 4.65. The number of carbonyl (C=O) groups excluding carboxylic acids is 1. The minimum atomic E-state index is -4.53. The van der Waals surface area contributed by atoms with Crippen LogP contribution in [0.1, 0.15) is 32.9 Å². The second-order valence-corrected chi connectivity index (χ2v) is 6.65. The molecular weight excluding hydrogens is 383 g/mol. The van der Waals surface area contributed by atoms with Crippen LogP contribution in [-0.4, -0.2) is 22.8 Å². The van der Waals surface area contributed by atoms with Crippen molar-refractivity contribution < 1.29 is 22.7 Å². The molecule has 8 heteroatoms. The molecule has 0 aliphatic rings. The van der Waals surface area contributed by atoms with Gasteiger partial charge in [-0.05, 0) is 55.8 Å². The van der Waals surface area contributed by atoms with Gasteiger partial charge in [0, 0.05) is 18.4 Å². The maximum Gasteiger partial charge on any atom is 0.416 e. The van der Waals surface area contributed by atoms with Gasteiger partial charge >= 0.3 is 6.18 Å². The fraction of sp³-hybridized carbons (Fsp3) is 0.238. The van der Waals surface area contributed by atoms with Gasteiger partial charge in [-0.3, -0.25) is 4.79 Å². The topological polar surface area (TPSA) is 56.1 Å². The number of halogens is 3. The van der Waals surface area contributed by atoms with Crippen molar-refractivity contribution in [3.63, 3.8) is 0 Å². The van der Waals surface area contributed by atoms with Crippen molar-refractivity contribution in [2.45, 2.75) is 26.6 Å². The largest absolute Gasteiger partial charge is 0.416 e. The summed E-state index contributed by atoms with van der Waals surface area (Å²) in [6, 6.07) is 11.7. The Balaban J connectivity index is 1.99. The van der Waals surface area contributed by atoms with E-state index < -0.39 is 17.6 Å². The first-order valence-electron chi connectivity index (χ1n) is 8.83. The van der Waals surface area contributed by atoms with Crippen LogP contribution in [0.25, 0.3) is 5.69 Å². The van der Waals surface area contributed by atoms with E-state index in [1.54, 1.807) is 51.3 Å². The summed E-state index contributed by atoms with van der Waals surface area (Å²) in [5.74, 6) is -0.518. The SMILES string of the molecule is COCc1ccc(C(=O)Nc2cc(C(F)(F)F)ccc2-n2nc(C)cc2C)cc1. The van der Waals surface area contributed by atoms with E-state index in [2.05, 4.69) is 10.4 Å². The summed E-state index contributed by atoms with van der Waals surface area (Å²) in [5.41, 5.74) is 2.18. The summed E-state index contributed by atoms with van der Waals surface area (Å²) in [6.45, 7) is 3.98. The van der Waals surface area contributed by atoms with Gasteiger partial charge in [0.15, 0.2) is 0 Å².